The van der Waals surface area contributed by atoms with Crippen LogP contribution >= 0.6 is 0 Å². The van der Waals surface area contributed by atoms with Gasteiger partial charge in [0, 0.05) is 6.54 Å². The maximum atomic E-state index is 12.1. The molecule has 0 aromatic carbocycles. The van der Waals surface area contributed by atoms with Crippen LogP contribution in [-0.2, 0) is 19.5 Å². The molecular formula is C8H14F2N4. The summed E-state index contributed by atoms with van der Waals surface area (Å²) >= 11 is 0. The zero-order chi connectivity index (χ0) is 10.6. The van der Waals surface area contributed by atoms with Gasteiger partial charge in [-0.3, -0.25) is 0 Å². The van der Waals surface area contributed by atoms with Gasteiger partial charge in [-0.2, -0.15) is 0 Å². The molecule has 1 N–H and O–H groups in total. The van der Waals surface area contributed by atoms with Gasteiger partial charge in [0.05, 0.1) is 11.4 Å². The zero-order valence-electron chi connectivity index (χ0n) is 8.30. The SMILES string of the molecule is CCc1c(CNC)nnn1CC(F)F. The Kier molecular flexibility index (Phi) is 3.94. The topological polar surface area (TPSA) is 42.7 Å². The summed E-state index contributed by atoms with van der Waals surface area (Å²) in [6.07, 6.45) is -1.72. The Morgan fingerprint density at radius 2 is 2.21 bits per heavy atom. The molecule has 0 saturated carbocycles. The minimum absolute atomic E-state index is 0.375. The van der Waals surface area contributed by atoms with Gasteiger partial charge in [-0.25, -0.2) is 13.5 Å². The second-order valence-electron chi connectivity index (χ2n) is 2.94. The summed E-state index contributed by atoms with van der Waals surface area (Å²) < 4.78 is 25.5. The van der Waals surface area contributed by atoms with Crippen molar-refractivity contribution in [1.29, 1.82) is 0 Å². The van der Waals surface area contributed by atoms with E-state index in [-0.39, 0.29) is 6.54 Å². The molecule has 0 fully saturated rings. The normalized spacial score (nSPS) is 11.2. The van der Waals surface area contributed by atoms with Crippen LogP contribution in [0.5, 0.6) is 0 Å². The van der Waals surface area contributed by atoms with E-state index in [0.29, 0.717) is 13.0 Å². The molecule has 0 bridgehead atoms. The van der Waals surface area contributed by atoms with E-state index < -0.39 is 6.43 Å². The molecule has 0 aliphatic rings. The van der Waals surface area contributed by atoms with E-state index in [1.807, 2.05) is 6.92 Å². The molecule has 0 aliphatic carbocycles. The van der Waals surface area contributed by atoms with Crippen LogP contribution < -0.4 is 5.32 Å². The molecule has 0 amide bonds. The zero-order valence-corrected chi connectivity index (χ0v) is 8.30. The number of hydrogen-bond donors (Lipinski definition) is 1. The van der Waals surface area contributed by atoms with Crippen molar-refractivity contribution < 1.29 is 8.78 Å². The molecule has 80 valence electrons. The Bertz CT molecular complexity index is 285. The van der Waals surface area contributed by atoms with Crippen LogP contribution in [0, 0.1) is 0 Å². The quantitative estimate of drug-likeness (QED) is 0.772. The summed E-state index contributed by atoms with van der Waals surface area (Å²) in [5.41, 5.74) is 1.52. The molecule has 0 atom stereocenters. The first-order valence-corrected chi connectivity index (χ1v) is 4.53. The molecule has 1 aromatic heterocycles. The van der Waals surface area contributed by atoms with Crippen molar-refractivity contribution in [2.45, 2.75) is 32.9 Å². The standard InChI is InChI=1S/C8H14F2N4/c1-3-7-6(4-11-2)12-13-14(7)5-8(9)10/h8,11H,3-5H2,1-2H3. The molecule has 0 aliphatic heterocycles. The van der Waals surface area contributed by atoms with E-state index >= 15 is 0 Å². The van der Waals surface area contributed by atoms with Gasteiger partial charge in [-0.15, -0.1) is 5.10 Å². The Labute approximate surface area is 81.3 Å². The summed E-state index contributed by atoms with van der Waals surface area (Å²) in [6.45, 7) is 2.09. The van der Waals surface area contributed by atoms with Gasteiger partial charge >= 0.3 is 0 Å². The lowest BCUT2D eigenvalue weighted by molar-refractivity contribution is 0.120. The molecule has 0 spiro atoms. The monoisotopic (exact) mass is 204 g/mol. The lowest BCUT2D eigenvalue weighted by Gasteiger charge is -2.04. The van der Waals surface area contributed by atoms with Crippen LogP contribution in [0.4, 0.5) is 8.78 Å². The number of nitrogens with one attached hydrogen (secondary N) is 1. The summed E-state index contributed by atoms with van der Waals surface area (Å²) in [4.78, 5) is 0. The fraction of sp³-hybridized carbons (Fsp3) is 0.750. The largest absolute Gasteiger partial charge is 0.314 e. The van der Waals surface area contributed by atoms with Gasteiger partial charge in [0.2, 0.25) is 0 Å². The molecule has 0 radical (unpaired) electrons. The summed E-state index contributed by atoms with van der Waals surface area (Å²) in [7, 11) is 1.78. The van der Waals surface area contributed by atoms with Crippen LogP contribution in [0.2, 0.25) is 0 Å². The first kappa shape index (κ1) is 11.0. The first-order valence-electron chi connectivity index (χ1n) is 4.53. The number of aromatic nitrogens is 3. The predicted octanol–water partition coefficient (Wildman–Crippen LogP) is 0.825. The highest BCUT2D eigenvalue weighted by Crippen LogP contribution is 2.08. The van der Waals surface area contributed by atoms with E-state index in [1.54, 1.807) is 7.05 Å². The Balaban J connectivity index is 2.83. The van der Waals surface area contributed by atoms with Gasteiger partial charge in [0.1, 0.15) is 6.54 Å². The highest BCUT2D eigenvalue weighted by molar-refractivity contribution is 5.09. The molecule has 1 aromatic rings. The smallest absolute Gasteiger partial charge is 0.257 e. The minimum Gasteiger partial charge on any atom is -0.314 e. The molecule has 1 rings (SSSR count). The number of rotatable bonds is 5. The Hall–Kier alpha value is -1.04. The van der Waals surface area contributed by atoms with Crippen molar-refractivity contribution >= 4 is 0 Å². The van der Waals surface area contributed by atoms with Crippen molar-refractivity contribution in [2.24, 2.45) is 0 Å². The fourth-order valence-corrected chi connectivity index (χ4v) is 1.34. The lowest BCUT2D eigenvalue weighted by atomic mass is 10.2. The molecule has 4 nitrogen and oxygen atoms in total. The molecule has 1 heterocycles. The van der Waals surface area contributed by atoms with Gasteiger partial charge in [0.25, 0.3) is 6.43 Å². The third-order valence-corrected chi connectivity index (χ3v) is 1.91. The van der Waals surface area contributed by atoms with Crippen LogP contribution in [-0.4, -0.2) is 28.5 Å². The lowest BCUT2D eigenvalue weighted by Crippen LogP contribution is -2.13. The number of nitrogens with zero attached hydrogens (tertiary/aromatic N) is 3. The second kappa shape index (κ2) is 4.99. The van der Waals surface area contributed by atoms with Crippen LogP contribution in [0.15, 0.2) is 0 Å². The van der Waals surface area contributed by atoms with Gasteiger partial charge in [0.15, 0.2) is 0 Å². The molecule has 0 saturated heterocycles. The highest BCUT2D eigenvalue weighted by Gasteiger charge is 2.13. The van der Waals surface area contributed by atoms with Crippen LogP contribution in [0.25, 0.3) is 0 Å². The maximum Gasteiger partial charge on any atom is 0.257 e. The van der Waals surface area contributed by atoms with Crippen LogP contribution in [0.1, 0.15) is 18.3 Å². The van der Waals surface area contributed by atoms with Crippen molar-refractivity contribution in [3.05, 3.63) is 11.4 Å². The van der Waals surface area contributed by atoms with Crippen molar-refractivity contribution in [3.63, 3.8) is 0 Å². The van der Waals surface area contributed by atoms with Crippen molar-refractivity contribution in [3.8, 4) is 0 Å². The summed E-state index contributed by atoms with van der Waals surface area (Å²) in [5, 5.41) is 10.5. The molecule has 14 heavy (non-hydrogen) atoms. The van der Waals surface area contributed by atoms with Gasteiger partial charge in [-0.1, -0.05) is 12.1 Å². The van der Waals surface area contributed by atoms with Crippen molar-refractivity contribution in [1.82, 2.24) is 20.3 Å². The second-order valence-corrected chi connectivity index (χ2v) is 2.94. The number of halogens is 2. The van der Waals surface area contributed by atoms with E-state index in [1.165, 1.54) is 4.68 Å². The number of hydrogen-bond acceptors (Lipinski definition) is 3. The molecule has 6 heteroatoms. The summed E-state index contributed by atoms with van der Waals surface area (Å²) in [6, 6.07) is 0. The third-order valence-electron chi connectivity index (χ3n) is 1.91. The predicted molar refractivity (Wildman–Crippen MR) is 48.2 cm³/mol. The van der Waals surface area contributed by atoms with Crippen LogP contribution in [0.3, 0.4) is 0 Å². The molecule has 0 unspecified atom stereocenters. The van der Waals surface area contributed by atoms with Crippen molar-refractivity contribution in [2.75, 3.05) is 7.05 Å². The average Bonchev–Trinajstić information content (AvgIpc) is 2.47. The van der Waals surface area contributed by atoms with Gasteiger partial charge < -0.3 is 5.32 Å². The van der Waals surface area contributed by atoms with E-state index in [0.717, 1.165) is 11.4 Å². The van der Waals surface area contributed by atoms with E-state index in [9.17, 15) is 8.78 Å². The minimum atomic E-state index is -2.38. The third kappa shape index (κ3) is 2.47. The maximum absolute atomic E-state index is 12.1. The highest BCUT2D eigenvalue weighted by atomic mass is 19.3. The Morgan fingerprint density at radius 1 is 1.50 bits per heavy atom. The van der Waals surface area contributed by atoms with E-state index in [4.69, 9.17) is 0 Å². The Morgan fingerprint density at radius 3 is 2.71 bits per heavy atom. The average molecular weight is 204 g/mol. The number of alkyl halides is 2. The van der Waals surface area contributed by atoms with E-state index in [2.05, 4.69) is 15.6 Å². The summed E-state index contributed by atoms with van der Waals surface area (Å²) in [5.74, 6) is 0. The van der Waals surface area contributed by atoms with Gasteiger partial charge in [-0.05, 0) is 13.5 Å². The molecular weight excluding hydrogens is 190 g/mol. The fourth-order valence-electron chi connectivity index (χ4n) is 1.34. The first-order chi connectivity index (χ1) is 6.69.